The van der Waals surface area contributed by atoms with Crippen molar-refractivity contribution in [1.82, 2.24) is 10.3 Å². The van der Waals surface area contributed by atoms with Crippen molar-refractivity contribution in [2.45, 2.75) is 31.1 Å². The van der Waals surface area contributed by atoms with Crippen molar-refractivity contribution in [1.29, 1.82) is 0 Å². The first-order valence-electron chi connectivity index (χ1n) is 6.47. The zero-order valence-corrected chi connectivity index (χ0v) is 10.6. The summed E-state index contributed by atoms with van der Waals surface area (Å²) in [6, 6.07) is 3.48. The van der Waals surface area contributed by atoms with Crippen molar-refractivity contribution in [3.05, 3.63) is 24.0 Å². The molecule has 0 radical (unpaired) electrons. The van der Waals surface area contributed by atoms with Crippen LogP contribution in [0.1, 0.15) is 18.5 Å². The molecule has 0 spiro atoms. The Morgan fingerprint density at radius 2 is 2.16 bits per heavy atom. The van der Waals surface area contributed by atoms with Gasteiger partial charge in [0.05, 0.1) is 11.9 Å². The largest absolute Gasteiger partial charge is 0.433 e. The van der Waals surface area contributed by atoms with Gasteiger partial charge < -0.3 is 10.2 Å². The van der Waals surface area contributed by atoms with E-state index in [1.54, 1.807) is 6.07 Å². The number of hydrogen-bond donors (Lipinski definition) is 1. The molecule has 2 heterocycles. The fourth-order valence-corrected chi connectivity index (χ4v) is 3.09. The van der Waals surface area contributed by atoms with Crippen LogP contribution in [0.2, 0.25) is 0 Å². The summed E-state index contributed by atoms with van der Waals surface area (Å²) >= 11 is 0. The van der Waals surface area contributed by atoms with E-state index in [2.05, 4.69) is 15.2 Å². The highest BCUT2D eigenvalue weighted by molar-refractivity contribution is 5.51. The Morgan fingerprint density at radius 3 is 2.74 bits per heavy atom. The maximum absolute atomic E-state index is 12.5. The maximum Gasteiger partial charge on any atom is 0.433 e. The van der Waals surface area contributed by atoms with Crippen LogP contribution in [0.25, 0.3) is 0 Å². The fraction of sp³-hybridized carbons (Fsp3) is 0.615. The Hall–Kier alpha value is -1.30. The first kappa shape index (κ1) is 12.7. The van der Waals surface area contributed by atoms with Crippen molar-refractivity contribution < 1.29 is 13.2 Å². The third-order valence-electron chi connectivity index (χ3n) is 3.99. The number of nitrogens with one attached hydrogen (secondary N) is 1. The first-order valence-corrected chi connectivity index (χ1v) is 6.47. The van der Waals surface area contributed by atoms with E-state index >= 15 is 0 Å². The second kappa shape index (κ2) is 4.37. The predicted molar refractivity (Wildman–Crippen MR) is 65.9 cm³/mol. The van der Waals surface area contributed by atoms with Gasteiger partial charge in [-0.3, -0.25) is 0 Å². The van der Waals surface area contributed by atoms with Crippen molar-refractivity contribution >= 4 is 5.69 Å². The normalized spacial score (nSPS) is 29.5. The molecule has 2 fully saturated rings. The molecule has 3 unspecified atom stereocenters. The summed E-state index contributed by atoms with van der Waals surface area (Å²) in [5.74, 6) is 0.709. The van der Waals surface area contributed by atoms with Crippen molar-refractivity contribution in [3.8, 4) is 0 Å². The van der Waals surface area contributed by atoms with E-state index < -0.39 is 11.9 Å². The summed E-state index contributed by atoms with van der Waals surface area (Å²) in [5, 5.41) is 3.14. The molecule has 1 aromatic heterocycles. The number of piperidine rings is 1. The van der Waals surface area contributed by atoms with Crippen LogP contribution in [0.15, 0.2) is 18.3 Å². The van der Waals surface area contributed by atoms with Crippen LogP contribution < -0.4 is 10.2 Å². The standard InChI is InChI=1S/C13H16F3N3/c1-17-6-10-4-8-5-11(8)19(10)9-2-3-12(18-7-9)13(14,15)16/h2-3,7-8,10-11,17H,4-6H2,1H3. The number of likely N-dealkylation sites (N-methyl/N-ethyl adjacent to an activating group) is 1. The lowest BCUT2D eigenvalue weighted by atomic mass is 10.1. The highest BCUT2D eigenvalue weighted by Gasteiger charge is 2.51. The van der Waals surface area contributed by atoms with Gasteiger partial charge in [0.1, 0.15) is 5.69 Å². The number of nitrogens with zero attached hydrogens (tertiary/aromatic N) is 2. The van der Waals surface area contributed by atoms with Gasteiger partial charge >= 0.3 is 6.18 Å². The molecule has 6 heteroatoms. The zero-order chi connectivity index (χ0) is 13.6. The molecule has 19 heavy (non-hydrogen) atoms. The van der Waals surface area contributed by atoms with Gasteiger partial charge in [-0.2, -0.15) is 13.2 Å². The van der Waals surface area contributed by atoms with Gasteiger partial charge in [-0.1, -0.05) is 0 Å². The number of rotatable bonds is 3. The van der Waals surface area contributed by atoms with E-state index in [4.69, 9.17) is 0 Å². The van der Waals surface area contributed by atoms with E-state index in [1.807, 2.05) is 7.05 Å². The quantitative estimate of drug-likeness (QED) is 0.914. The minimum absolute atomic E-state index is 0.368. The Labute approximate surface area is 109 Å². The highest BCUT2D eigenvalue weighted by Crippen LogP contribution is 2.49. The molecule has 1 saturated heterocycles. The fourth-order valence-electron chi connectivity index (χ4n) is 3.09. The third-order valence-corrected chi connectivity index (χ3v) is 3.99. The molecular formula is C13H16F3N3. The molecule has 0 bridgehead atoms. The second-order valence-corrected chi connectivity index (χ2v) is 5.32. The molecule has 1 saturated carbocycles. The Morgan fingerprint density at radius 1 is 1.37 bits per heavy atom. The van der Waals surface area contributed by atoms with E-state index in [0.29, 0.717) is 18.0 Å². The van der Waals surface area contributed by atoms with E-state index in [0.717, 1.165) is 31.1 Å². The van der Waals surface area contributed by atoms with Crippen LogP contribution in [0.3, 0.4) is 0 Å². The zero-order valence-electron chi connectivity index (χ0n) is 10.6. The molecule has 1 aliphatic heterocycles. The molecule has 3 nitrogen and oxygen atoms in total. The van der Waals surface area contributed by atoms with Gasteiger partial charge in [0.15, 0.2) is 0 Å². The molecule has 2 aliphatic rings. The summed E-state index contributed by atoms with van der Waals surface area (Å²) in [4.78, 5) is 5.79. The first-order chi connectivity index (χ1) is 9.00. The van der Waals surface area contributed by atoms with Gasteiger partial charge in [0.2, 0.25) is 0 Å². The topological polar surface area (TPSA) is 28.2 Å². The van der Waals surface area contributed by atoms with E-state index in [-0.39, 0.29) is 0 Å². The number of hydrogen-bond acceptors (Lipinski definition) is 3. The number of fused-ring (bicyclic) bond motifs is 1. The Balaban J connectivity index is 1.81. The lowest BCUT2D eigenvalue weighted by Crippen LogP contribution is -2.39. The minimum atomic E-state index is -4.37. The maximum atomic E-state index is 12.5. The van der Waals surface area contributed by atoms with Crippen molar-refractivity contribution in [2.24, 2.45) is 5.92 Å². The number of alkyl halides is 3. The average molecular weight is 271 g/mol. The summed E-state index contributed by atoms with van der Waals surface area (Å²) in [7, 11) is 1.90. The summed E-state index contributed by atoms with van der Waals surface area (Å²) in [5.41, 5.74) is -0.0220. The highest BCUT2D eigenvalue weighted by atomic mass is 19.4. The number of pyridine rings is 1. The van der Waals surface area contributed by atoms with Crippen LogP contribution in [0, 0.1) is 5.92 Å². The SMILES string of the molecule is CNCC1CC2CC2N1c1ccc(C(F)(F)F)nc1. The molecule has 3 rings (SSSR count). The minimum Gasteiger partial charge on any atom is -0.363 e. The molecular weight excluding hydrogens is 255 g/mol. The summed E-state index contributed by atoms with van der Waals surface area (Å²) in [6.07, 6.45) is -0.740. The average Bonchev–Trinajstić information content (AvgIpc) is 3.01. The Bertz CT molecular complexity index is 457. The molecule has 104 valence electrons. The van der Waals surface area contributed by atoms with E-state index in [9.17, 15) is 13.2 Å². The van der Waals surface area contributed by atoms with Gasteiger partial charge in [-0.15, -0.1) is 0 Å². The summed E-state index contributed by atoms with van der Waals surface area (Å²) < 4.78 is 37.5. The molecule has 1 aliphatic carbocycles. The van der Waals surface area contributed by atoms with Crippen LogP contribution in [0.5, 0.6) is 0 Å². The summed E-state index contributed by atoms with van der Waals surface area (Å²) in [6.45, 7) is 0.855. The molecule has 0 aromatic carbocycles. The number of anilines is 1. The number of halogens is 3. The van der Waals surface area contributed by atoms with Crippen LogP contribution in [-0.2, 0) is 6.18 Å². The smallest absolute Gasteiger partial charge is 0.363 e. The van der Waals surface area contributed by atoms with Gasteiger partial charge in [0, 0.05) is 18.6 Å². The van der Waals surface area contributed by atoms with Crippen LogP contribution in [-0.4, -0.2) is 30.7 Å². The second-order valence-electron chi connectivity index (χ2n) is 5.32. The number of aromatic nitrogens is 1. The lowest BCUT2D eigenvalue weighted by molar-refractivity contribution is -0.141. The van der Waals surface area contributed by atoms with E-state index in [1.165, 1.54) is 6.20 Å². The van der Waals surface area contributed by atoms with Crippen molar-refractivity contribution in [2.75, 3.05) is 18.5 Å². The van der Waals surface area contributed by atoms with Crippen LogP contribution >= 0.6 is 0 Å². The van der Waals surface area contributed by atoms with Gasteiger partial charge in [-0.25, -0.2) is 4.98 Å². The molecule has 0 amide bonds. The van der Waals surface area contributed by atoms with Gasteiger partial charge in [0.25, 0.3) is 0 Å². The lowest BCUT2D eigenvalue weighted by Gasteiger charge is -2.29. The van der Waals surface area contributed by atoms with Crippen LogP contribution in [0.4, 0.5) is 18.9 Å². The molecule has 1 N–H and O–H groups in total. The van der Waals surface area contributed by atoms with Gasteiger partial charge in [-0.05, 0) is 37.9 Å². The monoisotopic (exact) mass is 271 g/mol. The third kappa shape index (κ3) is 2.29. The van der Waals surface area contributed by atoms with Crippen molar-refractivity contribution in [3.63, 3.8) is 0 Å². The predicted octanol–water partition coefficient (Wildman–Crippen LogP) is 2.29. The Kier molecular flexibility index (Phi) is 2.92. The molecule has 3 atom stereocenters. The molecule has 1 aromatic rings.